The van der Waals surface area contributed by atoms with E-state index in [4.69, 9.17) is 4.42 Å². The minimum absolute atomic E-state index is 0.733. The number of aromatic nitrogens is 1. The zero-order valence-electron chi connectivity index (χ0n) is 9.19. The molecule has 0 aromatic carbocycles. The summed E-state index contributed by atoms with van der Waals surface area (Å²) in [6.45, 7) is 2.98. The van der Waals surface area contributed by atoms with Gasteiger partial charge in [-0.05, 0) is 31.9 Å². The molecule has 2 heterocycles. The number of aryl methyl sites for hydroxylation is 1. The summed E-state index contributed by atoms with van der Waals surface area (Å²) >= 11 is 1.75. The molecule has 0 amide bonds. The minimum atomic E-state index is 0.733. The van der Waals surface area contributed by atoms with Gasteiger partial charge in [0.2, 0.25) is 0 Å². The van der Waals surface area contributed by atoms with Crippen molar-refractivity contribution in [2.75, 3.05) is 0 Å². The van der Waals surface area contributed by atoms with Crippen LogP contribution in [0.2, 0.25) is 0 Å². The monoisotopic (exact) mass is 234 g/mol. The smallest absolute Gasteiger partial charge is 0.153 e. The molecule has 1 fully saturated rings. The summed E-state index contributed by atoms with van der Waals surface area (Å²) in [5.41, 5.74) is 0.989. The van der Waals surface area contributed by atoms with E-state index in [9.17, 15) is 0 Å². The first kappa shape index (κ1) is 10.1. The molecule has 0 unspecified atom stereocenters. The van der Waals surface area contributed by atoms with Gasteiger partial charge in [-0.2, -0.15) is 0 Å². The average molecular weight is 234 g/mol. The molecule has 0 radical (unpaired) electrons. The van der Waals surface area contributed by atoms with Crippen LogP contribution in [0.1, 0.15) is 22.7 Å². The molecule has 0 spiro atoms. The Morgan fingerprint density at radius 2 is 2.44 bits per heavy atom. The van der Waals surface area contributed by atoms with Crippen LogP contribution in [0.5, 0.6) is 0 Å². The SMILES string of the molecule is Cc1sc(CNC2CC2)nc1-c1ccco1. The van der Waals surface area contributed by atoms with Crippen LogP contribution in [0.25, 0.3) is 11.5 Å². The van der Waals surface area contributed by atoms with Gasteiger partial charge in [0.15, 0.2) is 5.76 Å². The number of thiazole rings is 1. The number of rotatable bonds is 4. The molecular weight excluding hydrogens is 220 g/mol. The predicted molar refractivity (Wildman–Crippen MR) is 64.4 cm³/mol. The van der Waals surface area contributed by atoms with Crippen LogP contribution in [-0.2, 0) is 6.54 Å². The van der Waals surface area contributed by atoms with Crippen LogP contribution in [0.3, 0.4) is 0 Å². The first-order chi connectivity index (χ1) is 7.83. The number of hydrogen-bond donors (Lipinski definition) is 1. The third kappa shape index (κ3) is 2.03. The van der Waals surface area contributed by atoms with Crippen molar-refractivity contribution in [3.8, 4) is 11.5 Å². The van der Waals surface area contributed by atoms with E-state index in [0.29, 0.717) is 0 Å². The van der Waals surface area contributed by atoms with Crippen molar-refractivity contribution in [3.05, 3.63) is 28.3 Å². The van der Waals surface area contributed by atoms with Crippen LogP contribution in [0.4, 0.5) is 0 Å². The van der Waals surface area contributed by atoms with Gasteiger partial charge < -0.3 is 9.73 Å². The Morgan fingerprint density at radius 1 is 1.56 bits per heavy atom. The molecule has 0 saturated heterocycles. The molecule has 3 rings (SSSR count). The van der Waals surface area contributed by atoms with Crippen molar-refractivity contribution in [1.29, 1.82) is 0 Å². The molecule has 1 saturated carbocycles. The summed E-state index contributed by atoms with van der Waals surface area (Å²) < 4.78 is 5.38. The van der Waals surface area contributed by atoms with Crippen molar-refractivity contribution in [3.63, 3.8) is 0 Å². The minimum Gasteiger partial charge on any atom is -0.463 e. The average Bonchev–Trinajstić information content (AvgIpc) is 2.80. The summed E-state index contributed by atoms with van der Waals surface area (Å²) in [6.07, 6.45) is 4.32. The Hall–Kier alpha value is -1.13. The topological polar surface area (TPSA) is 38.1 Å². The van der Waals surface area contributed by atoms with Gasteiger partial charge in [-0.25, -0.2) is 4.98 Å². The van der Waals surface area contributed by atoms with Crippen molar-refractivity contribution in [1.82, 2.24) is 10.3 Å². The molecule has 1 aliphatic rings. The van der Waals surface area contributed by atoms with Crippen molar-refractivity contribution in [2.24, 2.45) is 0 Å². The lowest BCUT2D eigenvalue weighted by Crippen LogP contribution is -2.14. The zero-order chi connectivity index (χ0) is 11.0. The van der Waals surface area contributed by atoms with Gasteiger partial charge in [0.25, 0.3) is 0 Å². The molecule has 0 bridgehead atoms. The maximum absolute atomic E-state index is 5.38. The summed E-state index contributed by atoms with van der Waals surface area (Å²) in [5.74, 6) is 0.867. The summed E-state index contributed by atoms with van der Waals surface area (Å²) in [5, 5.41) is 4.62. The summed E-state index contributed by atoms with van der Waals surface area (Å²) in [7, 11) is 0. The van der Waals surface area contributed by atoms with E-state index in [1.54, 1.807) is 17.6 Å². The molecule has 1 N–H and O–H groups in total. The molecule has 1 aliphatic carbocycles. The van der Waals surface area contributed by atoms with Crippen LogP contribution in [0.15, 0.2) is 22.8 Å². The van der Waals surface area contributed by atoms with E-state index in [1.165, 1.54) is 17.7 Å². The highest BCUT2D eigenvalue weighted by atomic mass is 32.1. The van der Waals surface area contributed by atoms with E-state index in [0.717, 1.165) is 29.0 Å². The van der Waals surface area contributed by atoms with Gasteiger partial charge in [0.05, 0.1) is 6.26 Å². The highest BCUT2D eigenvalue weighted by Crippen LogP contribution is 2.28. The second-order valence-electron chi connectivity index (χ2n) is 4.14. The lowest BCUT2D eigenvalue weighted by Gasteiger charge is -1.96. The lowest BCUT2D eigenvalue weighted by atomic mass is 10.3. The number of nitrogens with one attached hydrogen (secondary N) is 1. The van der Waals surface area contributed by atoms with Gasteiger partial charge in [0.1, 0.15) is 10.7 Å². The molecule has 3 nitrogen and oxygen atoms in total. The number of furan rings is 1. The van der Waals surface area contributed by atoms with Crippen LogP contribution in [-0.4, -0.2) is 11.0 Å². The maximum atomic E-state index is 5.38. The van der Waals surface area contributed by atoms with Crippen LogP contribution < -0.4 is 5.32 Å². The van der Waals surface area contributed by atoms with Crippen molar-refractivity contribution >= 4 is 11.3 Å². The largest absolute Gasteiger partial charge is 0.463 e. The standard InChI is InChI=1S/C12H14N2OS/c1-8-12(10-3-2-6-15-10)14-11(16-8)7-13-9-4-5-9/h2-3,6,9,13H,4-5,7H2,1H3. The van der Waals surface area contributed by atoms with Gasteiger partial charge in [-0.1, -0.05) is 0 Å². The first-order valence-corrected chi connectivity index (χ1v) is 6.38. The van der Waals surface area contributed by atoms with E-state index >= 15 is 0 Å². The Bertz CT molecular complexity index is 471. The van der Waals surface area contributed by atoms with Gasteiger partial charge in [-0.3, -0.25) is 0 Å². The second-order valence-corrected chi connectivity index (χ2v) is 5.43. The van der Waals surface area contributed by atoms with Gasteiger partial charge in [-0.15, -0.1) is 11.3 Å². The van der Waals surface area contributed by atoms with E-state index in [2.05, 4.69) is 17.2 Å². The lowest BCUT2D eigenvalue weighted by molar-refractivity contribution is 0.579. The molecular formula is C12H14N2OS. The third-order valence-corrected chi connectivity index (χ3v) is 3.69. The molecule has 16 heavy (non-hydrogen) atoms. The number of hydrogen-bond acceptors (Lipinski definition) is 4. The van der Waals surface area contributed by atoms with Gasteiger partial charge >= 0.3 is 0 Å². The van der Waals surface area contributed by atoms with Crippen molar-refractivity contribution in [2.45, 2.75) is 32.4 Å². The fraction of sp³-hybridized carbons (Fsp3) is 0.417. The Labute approximate surface area is 98.5 Å². The fourth-order valence-electron chi connectivity index (χ4n) is 1.69. The zero-order valence-corrected chi connectivity index (χ0v) is 10.0. The molecule has 0 aliphatic heterocycles. The maximum Gasteiger partial charge on any atom is 0.153 e. The predicted octanol–water partition coefficient (Wildman–Crippen LogP) is 2.96. The van der Waals surface area contributed by atoms with E-state index in [1.807, 2.05) is 12.1 Å². The highest BCUT2D eigenvalue weighted by Gasteiger charge is 2.21. The number of nitrogens with zero attached hydrogens (tertiary/aromatic N) is 1. The second kappa shape index (κ2) is 4.03. The molecule has 2 aromatic heterocycles. The first-order valence-electron chi connectivity index (χ1n) is 5.56. The Balaban J connectivity index is 1.78. The molecule has 0 atom stereocenters. The summed E-state index contributed by atoms with van der Waals surface area (Å²) in [4.78, 5) is 5.84. The molecule has 84 valence electrons. The normalized spacial score (nSPS) is 15.6. The van der Waals surface area contributed by atoms with Crippen molar-refractivity contribution < 1.29 is 4.42 Å². The van der Waals surface area contributed by atoms with Gasteiger partial charge in [0, 0.05) is 17.5 Å². The Morgan fingerprint density at radius 3 is 3.12 bits per heavy atom. The fourth-order valence-corrected chi connectivity index (χ4v) is 2.58. The van der Waals surface area contributed by atoms with E-state index in [-0.39, 0.29) is 0 Å². The van der Waals surface area contributed by atoms with E-state index < -0.39 is 0 Å². The quantitative estimate of drug-likeness (QED) is 0.883. The van der Waals surface area contributed by atoms with Crippen LogP contribution >= 0.6 is 11.3 Å². The summed E-state index contributed by atoms with van der Waals surface area (Å²) in [6, 6.07) is 4.59. The van der Waals surface area contributed by atoms with Crippen LogP contribution in [0, 0.1) is 6.92 Å². The Kier molecular flexibility index (Phi) is 2.53. The molecule has 4 heteroatoms. The molecule has 2 aromatic rings. The highest BCUT2D eigenvalue weighted by molar-refractivity contribution is 7.12. The third-order valence-electron chi connectivity index (χ3n) is 2.71.